The van der Waals surface area contributed by atoms with E-state index in [1.807, 2.05) is 84.9 Å². The Morgan fingerprint density at radius 1 is 0.886 bits per heavy atom. The molecule has 182 valence electrons. The number of nitrogens with zero attached hydrogens (tertiary/aromatic N) is 1. The Labute approximate surface area is 217 Å². The van der Waals surface area contributed by atoms with Crippen molar-refractivity contribution in [2.24, 2.45) is 0 Å². The Morgan fingerprint density at radius 3 is 2.17 bits per heavy atom. The fraction of sp³-hybridized carbons (Fsp3) is 0.310. The van der Waals surface area contributed by atoms with Crippen LogP contribution in [0, 0.1) is 0 Å². The summed E-state index contributed by atoms with van der Waals surface area (Å²) in [6, 6.07) is 26.9. The number of benzene rings is 3. The van der Waals surface area contributed by atoms with Crippen molar-refractivity contribution in [3.8, 4) is 0 Å². The molecule has 3 aromatic carbocycles. The van der Waals surface area contributed by atoms with E-state index in [4.69, 9.17) is 11.6 Å². The van der Waals surface area contributed by atoms with Crippen LogP contribution in [-0.4, -0.2) is 34.6 Å². The maximum atomic E-state index is 13.7. The van der Waals surface area contributed by atoms with Crippen molar-refractivity contribution < 1.29 is 9.59 Å². The number of rotatable bonds is 10. The van der Waals surface area contributed by atoms with E-state index < -0.39 is 6.04 Å². The lowest BCUT2D eigenvalue weighted by Crippen LogP contribution is -2.52. The zero-order chi connectivity index (χ0) is 24.5. The van der Waals surface area contributed by atoms with Crippen LogP contribution in [0.2, 0.25) is 5.02 Å². The van der Waals surface area contributed by atoms with Gasteiger partial charge in [-0.3, -0.25) is 9.59 Å². The summed E-state index contributed by atoms with van der Waals surface area (Å²) in [6.45, 7) is 0.348. The average Bonchev–Trinajstić information content (AvgIpc) is 3.40. The van der Waals surface area contributed by atoms with Gasteiger partial charge in [-0.15, -0.1) is 11.8 Å². The van der Waals surface area contributed by atoms with Crippen LogP contribution in [-0.2, 0) is 22.6 Å². The second-order valence-electron chi connectivity index (χ2n) is 8.95. The molecule has 0 aliphatic heterocycles. The molecule has 0 unspecified atom stereocenters. The molecule has 4 rings (SSSR count). The molecule has 1 N–H and O–H groups in total. The lowest BCUT2D eigenvalue weighted by atomic mass is 10.0. The molecular formula is C29H31ClN2O2S. The Kier molecular flexibility index (Phi) is 9.27. The van der Waals surface area contributed by atoms with Crippen molar-refractivity contribution in [3.05, 3.63) is 101 Å². The van der Waals surface area contributed by atoms with Gasteiger partial charge in [-0.2, -0.15) is 0 Å². The summed E-state index contributed by atoms with van der Waals surface area (Å²) in [5.41, 5.74) is 1.97. The molecule has 1 saturated carbocycles. The Hall–Kier alpha value is -2.76. The van der Waals surface area contributed by atoms with Crippen LogP contribution in [0.25, 0.3) is 0 Å². The minimum atomic E-state index is -0.599. The van der Waals surface area contributed by atoms with Crippen LogP contribution >= 0.6 is 23.4 Å². The third-order valence-electron chi connectivity index (χ3n) is 6.34. The molecule has 4 nitrogen and oxygen atoms in total. The number of amides is 2. The third-order valence-corrected chi connectivity index (χ3v) is 7.59. The molecule has 1 aliphatic rings. The van der Waals surface area contributed by atoms with Crippen molar-refractivity contribution in [1.29, 1.82) is 0 Å². The fourth-order valence-corrected chi connectivity index (χ4v) is 5.38. The zero-order valence-corrected chi connectivity index (χ0v) is 21.3. The molecule has 1 atom stereocenters. The van der Waals surface area contributed by atoms with Crippen LogP contribution in [0.1, 0.15) is 36.8 Å². The Balaban J connectivity index is 1.60. The second kappa shape index (κ2) is 12.8. The molecule has 3 aromatic rings. The van der Waals surface area contributed by atoms with E-state index in [9.17, 15) is 9.59 Å². The number of carbonyl (C=O) groups is 2. The van der Waals surface area contributed by atoms with Gasteiger partial charge in [0.05, 0.1) is 5.75 Å². The van der Waals surface area contributed by atoms with E-state index in [0.29, 0.717) is 18.0 Å². The predicted molar refractivity (Wildman–Crippen MR) is 144 cm³/mol. The summed E-state index contributed by atoms with van der Waals surface area (Å²) >= 11 is 7.59. The zero-order valence-electron chi connectivity index (χ0n) is 19.7. The van der Waals surface area contributed by atoms with Crippen LogP contribution in [0.3, 0.4) is 0 Å². The molecule has 0 heterocycles. The van der Waals surface area contributed by atoms with Crippen molar-refractivity contribution >= 4 is 35.2 Å². The predicted octanol–water partition coefficient (Wildman–Crippen LogP) is 6.13. The number of halogens is 1. The summed E-state index contributed by atoms with van der Waals surface area (Å²) in [5, 5.41) is 3.89. The van der Waals surface area contributed by atoms with Crippen molar-refractivity contribution in [2.75, 3.05) is 5.75 Å². The highest BCUT2D eigenvalue weighted by molar-refractivity contribution is 8.00. The maximum absolute atomic E-state index is 13.7. The van der Waals surface area contributed by atoms with E-state index in [0.717, 1.165) is 41.7 Å². The molecule has 35 heavy (non-hydrogen) atoms. The number of hydrogen-bond donors (Lipinski definition) is 1. The lowest BCUT2D eigenvalue weighted by molar-refractivity contribution is -0.139. The number of nitrogens with one attached hydrogen (secondary N) is 1. The number of carbonyl (C=O) groups excluding carboxylic acids is 2. The summed E-state index contributed by atoms with van der Waals surface area (Å²) in [5.74, 6) is 0.128. The molecule has 6 heteroatoms. The van der Waals surface area contributed by atoms with E-state index in [-0.39, 0.29) is 23.6 Å². The molecular weight excluding hydrogens is 476 g/mol. The van der Waals surface area contributed by atoms with Crippen LogP contribution < -0.4 is 5.32 Å². The van der Waals surface area contributed by atoms with Crippen LogP contribution in [0.4, 0.5) is 0 Å². The normalized spacial score (nSPS) is 14.4. The average molecular weight is 507 g/mol. The third kappa shape index (κ3) is 7.61. The van der Waals surface area contributed by atoms with Crippen LogP contribution in [0.15, 0.2) is 89.8 Å². The molecule has 0 saturated heterocycles. The first-order chi connectivity index (χ1) is 17.1. The van der Waals surface area contributed by atoms with Gasteiger partial charge < -0.3 is 10.2 Å². The van der Waals surface area contributed by atoms with Gasteiger partial charge in [-0.1, -0.05) is 85.1 Å². The highest BCUT2D eigenvalue weighted by Crippen LogP contribution is 2.23. The monoisotopic (exact) mass is 506 g/mol. The van der Waals surface area contributed by atoms with E-state index in [2.05, 4.69) is 5.32 Å². The van der Waals surface area contributed by atoms with Gasteiger partial charge in [0, 0.05) is 28.9 Å². The van der Waals surface area contributed by atoms with Crippen molar-refractivity contribution in [1.82, 2.24) is 10.2 Å². The highest BCUT2D eigenvalue weighted by atomic mass is 35.5. The fourth-order valence-electron chi connectivity index (χ4n) is 4.45. The van der Waals surface area contributed by atoms with Crippen molar-refractivity contribution in [2.45, 2.75) is 55.6 Å². The van der Waals surface area contributed by atoms with Gasteiger partial charge in [-0.25, -0.2) is 0 Å². The molecule has 0 aromatic heterocycles. The van der Waals surface area contributed by atoms with Crippen molar-refractivity contribution in [3.63, 3.8) is 0 Å². The minimum Gasteiger partial charge on any atom is -0.352 e. The van der Waals surface area contributed by atoms with Gasteiger partial charge in [-0.05, 0) is 48.2 Å². The smallest absolute Gasteiger partial charge is 0.243 e. The molecule has 1 aliphatic carbocycles. The van der Waals surface area contributed by atoms with Crippen LogP contribution in [0.5, 0.6) is 0 Å². The standard InChI is InChI=1S/C29H31ClN2O2S/c30-24-17-15-23(16-18-24)20-32(28(33)21-35-26-13-5-2-6-14-26)27(19-22-9-3-1-4-10-22)29(34)31-25-11-7-8-12-25/h1-6,9-10,13-18,25,27H,7-8,11-12,19-21H2,(H,31,34)/t27-/m1/s1. The quantitative estimate of drug-likeness (QED) is 0.336. The molecule has 0 spiro atoms. The lowest BCUT2D eigenvalue weighted by Gasteiger charge is -2.32. The summed E-state index contributed by atoms with van der Waals surface area (Å²) in [6.07, 6.45) is 4.73. The van der Waals surface area contributed by atoms with E-state index >= 15 is 0 Å². The highest BCUT2D eigenvalue weighted by Gasteiger charge is 2.32. The SMILES string of the molecule is O=C(NC1CCCC1)[C@@H](Cc1ccccc1)N(Cc1ccc(Cl)cc1)C(=O)CSc1ccccc1. The van der Waals surface area contributed by atoms with Gasteiger partial charge in [0.15, 0.2) is 0 Å². The Bertz CT molecular complexity index is 1090. The molecule has 0 radical (unpaired) electrons. The summed E-state index contributed by atoms with van der Waals surface area (Å²) < 4.78 is 0. The second-order valence-corrected chi connectivity index (χ2v) is 10.4. The van der Waals surface area contributed by atoms with Gasteiger partial charge in [0.1, 0.15) is 6.04 Å². The summed E-state index contributed by atoms with van der Waals surface area (Å²) in [4.78, 5) is 30.1. The molecule has 0 bridgehead atoms. The first kappa shape index (κ1) is 25.3. The molecule has 2 amide bonds. The van der Waals surface area contributed by atoms with Gasteiger partial charge in [0.25, 0.3) is 0 Å². The first-order valence-corrected chi connectivity index (χ1v) is 13.5. The topological polar surface area (TPSA) is 49.4 Å². The first-order valence-electron chi connectivity index (χ1n) is 12.1. The van der Waals surface area contributed by atoms with E-state index in [1.165, 1.54) is 11.8 Å². The summed E-state index contributed by atoms with van der Waals surface area (Å²) in [7, 11) is 0. The van der Waals surface area contributed by atoms with Gasteiger partial charge in [0.2, 0.25) is 11.8 Å². The van der Waals surface area contributed by atoms with Gasteiger partial charge >= 0.3 is 0 Å². The Morgan fingerprint density at radius 2 is 1.51 bits per heavy atom. The minimum absolute atomic E-state index is 0.0590. The number of thioether (sulfide) groups is 1. The maximum Gasteiger partial charge on any atom is 0.243 e. The largest absolute Gasteiger partial charge is 0.352 e. The molecule has 1 fully saturated rings. The van der Waals surface area contributed by atoms with E-state index in [1.54, 1.807) is 4.90 Å². The number of hydrogen-bond acceptors (Lipinski definition) is 3.